The van der Waals surface area contributed by atoms with E-state index in [0.29, 0.717) is 16.8 Å². The summed E-state index contributed by atoms with van der Waals surface area (Å²) < 4.78 is 0. The number of carbonyl (C=O) groups excluding carboxylic acids is 2. The van der Waals surface area contributed by atoms with E-state index in [1.165, 1.54) is 0 Å². The number of Topliss-reactive ketones (excluding diaryl/α,β-unsaturated/α-hetero) is 1. The third-order valence-electron chi connectivity index (χ3n) is 4.93. The molecule has 1 spiro atoms. The van der Waals surface area contributed by atoms with Gasteiger partial charge in [0.1, 0.15) is 0 Å². The van der Waals surface area contributed by atoms with Gasteiger partial charge in [0, 0.05) is 16.8 Å². The third-order valence-corrected chi connectivity index (χ3v) is 4.93. The van der Waals surface area contributed by atoms with E-state index in [0.717, 1.165) is 16.7 Å². The summed E-state index contributed by atoms with van der Waals surface area (Å²) in [5, 5.41) is 6.24. The van der Waals surface area contributed by atoms with E-state index < -0.39 is 5.66 Å². The number of para-hydroxylation sites is 1. The first kappa shape index (κ1) is 14.0. The quantitative estimate of drug-likeness (QED) is 0.664. The Morgan fingerprint density at radius 1 is 0.600 bits per heavy atom. The zero-order chi connectivity index (χ0) is 17.0. The molecule has 4 nitrogen and oxygen atoms in total. The summed E-state index contributed by atoms with van der Waals surface area (Å²) in [6.45, 7) is 0. The van der Waals surface area contributed by atoms with Gasteiger partial charge in [-0.1, -0.05) is 60.7 Å². The van der Waals surface area contributed by atoms with Crippen molar-refractivity contribution in [3.05, 3.63) is 89.5 Å². The molecule has 1 atom stereocenters. The zero-order valence-corrected chi connectivity index (χ0v) is 13.2. The molecule has 0 fully saturated rings. The molecule has 3 aromatic carbocycles. The van der Waals surface area contributed by atoms with Gasteiger partial charge >= 0.3 is 0 Å². The summed E-state index contributed by atoms with van der Waals surface area (Å²) in [6.07, 6.45) is 0. The minimum atomic E-state index is -1.28. The lowest BCUT2D eigenvalue weighted by atomic mass is 9.76. The molecule has 2 aliphatic rings. The average Bonchev–Trinajstić information content (AvgIpc) is 2.66. The van der Waals surface area contributed by atoms with Gasteiger partial charge in [-0.15, -0.1) is 0 Å². The topological polar surface area (TPSA) is 58.2 Å². The predicted octanol–water partition coefficient (Wildman–Crippen LogP) is 3.56. The highest BCUT2D eigenvalue weighted by molar-refractivity contribution is 6.17. The molecule has 0 aromatic heterocycles. The van der Waals surface area contributed by atoms with Crippen LogP contribution in [0, 0.1) is 0 Å². The second-order valence-electron chi connectivity index (χ2n) is 6.29. The fourth-order valence-electron chi connectivity index (χ4n) is 3.79. The van der Waals surface area contributed by atoms with Gasteiger partial charge in [0.05, 0.1) is 5.56 Å². The molecule has 0 bridgehead atoms. The maximum Gasteiger partial charge on any atom is 0.255 e. The Balaban J connectivity index is 1.81. The molecule has 1 aliphatic carbocycles. The van der Waals surface area contributed by atoms with E-state index in [9.17, 15) is 9.59 Å². The maximum absolute atomic E-state index is 13.4. The molecule has 25 heavy (non-hydrogen) atoms. The number of ketones is 1. The van der Waals surface area contributed by atoms with Crippen molar-refractivity contribution < 1.29 is 9.59 Å². The molecule has 3 aromatic rings. The fourth-order valence-corrected chi connectivity index (χ4v) is 3.79. The molecule has 1 heterocycles. The molecule has 0 saturated heterocycles. The second kappa shape index (κ2) is 4.80. The smallest absolute Gasteiger partial charge is 0.255 e. The Labute approximate surface area is 144 Å². The largest absolute Gasteiger partial charge is 0.352 e. The Morgan fingerprint density at radius 3 is 2.00 bits per heavy atom. The van der Waals surface area contributed by atoms with Crippen molar-refractivity contribution in [2.75, 3.05) is 5.32 Å². The maximum atomic E-state index is 13.4. The molecule has 2 N–H and O–H groups in total. The summed E-state index contributed by atoms with van der Waals surface area (Å²) in [5.41, 5.74) is 3.13. The van der Waals surface area contributed by atoms with Gasteiger partial charge in [-0.2, -0.15) is 0 Å². The standard InChI is InChI=1S/C21H14N2O2/c24-19-15-9-2-1-7-13(15)14-8-3-5-11-17(14)21(19)22-18-12-6-4-10-16(18)20(25)23-21/h1-12,22H,(H,23,25). The first-order valence-corrected chi connectivity index (χ1v) is 8.14. The van der Waals surface area contributed by atoms with E-state index in [4.69, 9.17) is 0 Å². The summed E-state index contributed by atoms with van der Waals surface area (Å²) in [5.74, 6) is -0.401. The average molecular weight is 326 g/mol. The molecule has 0 radical (unpaired) electrons. The predicted molar refractivity (Wildman–Crippen MR) is 95.4 cm³/mol. The molecule has 0 saturated carbocycles. The number of amides is 1. The minimum Gasteiger partial charge on any atom is -0.352 e. The Morgan fingerprint density at radius 2 is 1.20 bits per heavy atom. The number of carbonyl (C=O) groups is 2. The fraction of sp³-hybridized carbons (Fsp3) is 0.0476. The van der Waals surface area contributed by atoms with Crippen molar-refractivity contribution in [1.29, 1.82) is 0 Å². The summed E-state index contributed by atoms with van der Waals surface area (Å²) in [6, 6.07) is 22.5. The van der Waals surface area contributed by atoms with Crippen molar-refractivity contribution in [2.45, 2.75) is 5.66 Å². The van der Waals surface area contributed by atoms with Gasteiger partial charge in [-0.25, -0.2) is 0 Å². The number of hydrogen-bond donors (Lipinski definition) is 2. The summed E-state index contributed by atoms with van der Waals surface area (Å²) >= 11 is 0. The van der Waals surface area contributed by atoms with E-state index in [-0.39, 0.29) is 11.7 Å². The lowest BCUT2D eigenvalue weighted by molar-refractivity contribution is 0.0776. The number of nitrogens with one attached hydrogen (secondary N) is 2. The van der Waals surface area contributed by atoms with Crippen LogP contribution in [0.3, 0.4) is 0 Å². The van der Waals surface area contributed by atoms with Crippen LogP contribution in [0.15, 0.2) is 72.8 Å². The van der Waals surface area contributed by atoms with Crippen LogP contribution in [-0.4, -0.2) is 11.7 Å². The second-order valence-corrected chi connectivity index (χ2v) is 6.29. The van der Waals surface area contributed by atoms with Crippen molar-refractivity contribution in [2.24, 2.45) is 0 Å². The highest BCUT2D eigenvalue weighted by Gasteiger charge is 2.50. The molecule has 5 rings (SSSR count). The summed E-state index contributed by atoms with van der Waals surface area (Å²) in [7, 11) is 0. The van der Waals surface area contributed by atoms with Crippen molar-refractivity contribution in [1.82, 2.24) is 5.32 Å². The van der Waals surface area contributed by atoms with Crippen LogP contribution in [0.2, 0.25) is 0 Å². The van der Waals surface area contributed by atoms with Crippen LogP contribution in [0.5, 0.6) is 0 Å². The van der Waals surface area contributed by atoms with Crippen LogP contribution in [0.1, 0.15) is 26.3 Å². The Kier molecular flexibility index (Phi) is 2.69. The van der Waals surface area contributed by atoms with Crippen molar-refractivity contribution in [3.63, 3.8) is 0 Å². The monoisotopic (exact) mass is 326 g/mol. The minimum absolute atomic E-state index is 0.148. The zero-order valence-electron chi connectivity index (χ0n) is 13.2. The SMILES string of the molecule is O=C1NC2(Nc3ccccc31)C(=O)c1ccccc1-c1ccccc12. The highest BCUT2D eigenvalue weighted by atomic mass is 16.2. The van der Waals surface area contributed by atoms with Crippen LogP contribution < -0.4 is 10.6 Å². The first-order valence-electron chi connectivity index (χ1n) is 8.14. The van der Waals surface area contributed by atoms with Crippen molar-refractivity contribution >= 4 is 17.4 Å². The van der Waals surface area contributed by atoms with Crippen LogP contribution in [0.4, 0.5) is 5.69 Å². The van der Waals surface area contributed by atoms with Gasteiger partial charge in [-0.3, -0.25) is 9.59 Å². The number of rotatable bonds is 0. The molecular weight excluding hydrogens is 312 g/mol. The van der Waals surface area contributed by atoms with Gasteiger partial charge in [0.15, 0.2) is 0 Å². The molecule has 1 amide bonds. The summed E-state index contributed by atoms with van der Waals surface area (Å²) in [4.78, 5) is 26.2. The van der Waals surface area contributed by atoms with Gasteiger partial charge in [-0.05, 0) is 23.3 Å². The van der Waals surface area contributed by atoms with E-state index in [1.54, 1.807) is 6.07 Å². The first-order chi connectivity index (χ1) is 12.2. The van der Waals surface area contributed by atoms with Crippen molar-refractivity contribution in [3.8, 4) is 11.1 Å². The normalized spacial score (nSPS) is 20.2. The molecular formula is C21H14N2O2. The Bertz CT molecular complexity index is 1060. The van der Waals surface area contributed by atoms with Gasteiger partial charge < -0.3 is 10.6 Å². The lowest BCUT2D eigenvalue weighted by Gasteiger charge is -2.43. The molecule has 120 valence electrons. The molecule has 1 aliphatic heterocycles. The van der Waals surface area contributed by atoms with E-state index in [1.807, 2.05) is 66.7 Å². The number of hydrogen-bond acceptors (Lipinski definition) is 3. The van der Waals surface area contributed by atoms with Crippen LogP contribution in [-0.2, 0) is 5.66 Å². The van der Waals surface area contributed by atoms with Crippen LogP contribution >= 0.6 is 0 Å². The van der Waals surface area contributed by atoms with Gasteiger partial charge in [0.25, 0.3) is 5.91 Å². The van der Waals surface area contributed by atoms with Gasteiger partial charge in [0.2, 0.25) is 11.4 Å². The number of anilines is 1. The number of fused-ring (bicyclic) bond motifs is 5. The molecule has 1 unspecified atom stereocenters. The van der Waals surface area contributed by atoms with Crippen LogP contribution in [0.25, 0.3) is 11.1 Å². The Hall–Kier alpha value is -3.40. The highest BCUT2D eigenvalue weighted by Crippen LogP contribution is 2.44. The van der Waals surface area contributed by atoms with E-state index in [2.05, 4.69) is 10.6 Å². The molecule has 4 heteroatoms. The lowest BCUT2D eigenvalue weighted by Crippen LogP contribution is -2.61. The third kappa shape index (κ3) is 1.76. The van der Waals surface area contributed by atoms with E-state index >= 15 is 0 Å². The number of benzene rings is 3.